The number of esters is 1. The fourth-order valence-electron chi connectivity index (χ4n) is 1.54. The highest BCUT2D eigenvalue weighted by molar-refractivity contribution is 5.82. The predicted molar refractivity (Wildman–Crippen MR) is 69.0 cm³/mol. The summed E-state index contributed by atoms with van der Waals surface area (Å²) in [5.74, 6) is 0.204. The van der Waals surface area contributed by atoms with Crippen molar-refractivity contribution in [2.24, 2.45) is 5.73 Å². The Kier molecular flexibility index (Phi) is 4.70. The molecule has 0 amide bonds. The highest BCUT2D eigenvalue weighted by atomic mass is 16.5. The standard InChI is InChI=1S/C14H21NO2/c1-4-11-7-9-12(10-8-11)17-13(16)14(15,5-2)6-3/h7-10H,4-6,15H2,1-3H3. The van der Waals surface area contributed by atoms with Crippen molar-refractivity contribution in [1.82, 2.24) is 0 Å². The zero-order valence-corrected chi connectivity index (χ0v) is 10.8. The van der Waals surface area contributed by atoms with Crippen LogP contribution in [0.25, 0.3) is 0 Å². The van der Waals surface area contributed by atoms with E-state index in [1.807, 2.05) is 38.1 Å². The van der Waals surface area contributed by atoms with E-state index in [1.165, 1.54) is 5.56 Å². The van der Waals surface area contributed by atoms with Gasteiger partial charge in [0.2, 0.25) is 0 Å². The molecule has 0 aromatic heterocycles. The monoisotopic (exact) mass is 235 g/mol. The third kappa shape index (κ3) is 3.30. The lowest BCUT2D eigenvalue weighted by Gasteiger charge is -2.23. The highest BCUT2D eigenvalue weighted by Crippen LogP contribution is 2.18. The van der Waals surface area contributed by atoms with E-state index in [-0.39, 0.29) is 5.97 Å². The van der Waals surface area contributed by atoms with Crippen LogP contribution in [0.15, 0.2) is 24.3 Å². The van der Waals surface area contributed by atoms with E-state index in [0.717, 1.165) is 6.42 Å². The van der Waals surface area contributed by atoms with E-state index in [9.17, 15) is 4.79 Å². The van der Waals surface area contributed by atoms with Crippen molar-refractivity contribution in [1.29, 1.82) is 0 Å². The molecule has 3 nitrogen and oxygen atoms in total. The van der Waals surface area contributed by atoms with Gasteiger partial charge < -0.3 is 10.5 Å². The van der Waals surface area contributed by atoms with Gasteiger partial charge in [0.25, 0.3) is 0 Å². The number of ether oxygens (including phenoxy) is 1. The Morgan fingerprint density at radius 2 is 1.71 bits per heavy atom. The average molecular weight is 235 g/mol. The molecule has 94 valence electrons. The third-order valence-electron chi connectivity index (χ3n) is 3.21. The summed E-state index contributed by atoms with van der Waals surface area (Å²) in [4.78, 5) is 11.9. The van der Waals surface area contributed by atoms with Gasteiger partial charge in [-0.3, -0.25) is 0 Å². The lowest BCUT2D eigenvalue weighted by Crippen LogP contribution is -2.49. The van der Waals surface area contributed by atoms with E-state index in [1.54, 1.807) is 0 Å². The first kappa shape index (κ1) is 13.7. The molecule has 1 rings (SSSR count). The minimum absolute atomic E-state index is 0.355. The summed E-state index contributed by atoms with van der Waals surface area (Å²) in [6, 6.07) is 7.53. The van der Waals surface area contributed by atoms with Crippen LogP contribution >= 0.6 is 0 Å². The SMILES string of the molecule is CCc1ccc(OC(=O)C(N)(CC)CC)cc1. The second kappa shape index (κ2) is 5.82. The Labute approximate surface area is 103 Å². The van der Waals surface area contributed by atoms with E-state index in [4.69, 9.17) is 10.5 Å². The molecular weight excluding hydrogens is 214 g/mol. The molecule has 0 aliphatic heterocycles. The first-order valence-electron chi connectivity index (χ1n) is 6.15. The average Bonchev–Trinajstić information content (AvgIpc) is 2.38. The molecule has 0 unspecified atom stereocenters. The molecule has 3 heteroatoms. The van der Waals surface area contributed by atoms with Gasteiger partial charge in [0, 0.05) is 0 Å². The molecule has 1 aromatic carbocycles. The summed E-state index contributed by atoms with van der Waals surface area (Å²) in [5, 5.41) is 0. The van der Waals surface area contributed by atoms with E-state index < -0.39 is 5.54 Å². The van der Waals surface area contributed by atoms with Crippen molar-refractivity contribution >= 4 is 5.97 Å². The van der Waals surface area contributed by atoms with Crippen molar-refractivity contribution in [2.45, 2.75) is 45.6 Å². The van der Waals surface area contributed by atoms with E-state index in [0.29, 0.717) is 18.6 Å². The van der Waals surface area contributed by atoms with Crippen LogP contribution in [0.4, 0.5) is 0 Å². The Hall–Kier alpha value is -1.35. The Bertz CT molecular complexity index is 366. The zero-order valence-electron chi connectivity index (χ0n) is 10.8. The Morgan fingerprint density at radius 3 is 2.12 bits per heavy atom. The smallest absolute Gasteiger partial charge is 0.331 e. The number of hydrogen-bond acceptors (Lipinski definition) is 3. The van der Waals surface area contributed by atoms with Crippen LogP contribution in [-0.4, -0.2) is 11.5 Å². The summed E-state index contributed by atoms with van der Waals surface area (Å²) >= 11 is 0. The molecule has 0 spiro atoms. The number of hydrogen-bond donors (Lipinski definition) is 1. The van der Waals surface area contributed by atoms with Crippen LogP contribution in [0.5, 0.6) is 5.75 Å². The zero-order chi connectivity index (χ0) is 12.9. The van der Waals surface area contributed by atoms with Crippen LogP contribution in [0, 0.1) is 0 Å². The Morgan fingerprint density at radius 1 is 1.18 bits per heavy atom. The van der Waals surface area contributed by atoms with Gasteiger partial charge in [-0.15, -0.1) is 0 Å². The summed E-state index contributed by atoms with van der Waals surface area (Å²) < 4.78 is 5.30. The van der Waals surface area contributed by atoms with Gasteiger partial charge in [-0.2, -0.15) is 0 Å². The second-order valence-corrected chi connectivity index (χ2v) is 4.25. The molecule has 0 bridgehead atoms. The summed E-state index contributed by atoms with van der Waals surface area (Å²) in [6.45, 7) is 5.87. The largest absolute Gasteiger partial charge is 0.425 e. The second-order valence-electron chi connectivity index (χ2n) is 4.25. The third-order valence-corrected chi connectivity index (χ3v) is 3.21. The van der Waals surface area contributed by atoms with Gasteiger partial charge in [0.1, 0.15) is 11.3 Å². The van der Waals surface area contributed by atoms with Crippen LogP contribution in [0.2, 0.25) is 0 Å². The molecule has 0 aliphatic carbocycles. The summed E-state index contributed by atoms with van der Waals surface area (Å²) in [6.07, 6.45) is 2.13. The van der Waals surface area contributed by atoms with Crippen molar-refractivity contribution < 1.29 is 9.53 Å². The predicted octanol–water partition coefficient (Wildman–Crippen LogP) is 2.67. The van der Waals surface area contributed by atoms with Gasteiger partial charge in [-0.1, -0.05) is 32.9 Å². The van der Waals surface area contributed by atoms with Gasteiger partial charge >= 0.3 is 5.97 Å². The molecule has 17 heavy (non-hydrogen) atoms. The van der Waals surface area contributed by atoms with E-state index in [2.05, 4.69) is 6.92 Å². The first-order chi connectivity index (χ1) is 8.05. The fourth-order valence-corrected chi connectivity index (χ4v) is 1.54. The molecule has 2 N–H and O–H groups in total. The van der Waals surface area contributed by atoms with Crippen molar-refractivity contribution in [3.8, 4) is 5.75 Å². The molecular formula is C14H21NO2. The lowest BCUT2D eigenvalue weighted by molar-refractivity contribution is -0.140. The van der Waals surface area contributed by atoms with Crippen LogP contribution < -0.4 is 10.5 Å². The number of nitrogens with two attached hydrogens (primary N) is 1. The number of carbonyl (C=O) groups is 1. The normalized spacial score (nSPS) is 11.3. The maximum absolute atomic E-state index is 11.9. The lowest BCUT2D eigenvalue weighted by atomic mass is 9.95. The van der Waals surface area contributed by atoms with Crippen LogP contribution in [0.3, 0.4) is 0 Å². The topological polar surface area (TPSA) is 52.3 Å². The van der Waals surface area contributed by atoms with Gasteiger partial charge in [0.15, 0.2) is 0 Å². The summed E-state index contributed by atoms with van der Waals surface area (Å²) in [5.41, 5.74) is 6.32. The maximum atomic E-state index is 11.9. The molecule has 0 saturated carbocycles. The number of carbonyl (C=O) groups excluding carboxylic acids is 1. The molecule has 0 radical (unpaired) electrons. The van der Waals surface area contributed by atoms with Gasteiger partial charge in [-0.25, -0.2) is 4.79 Å². The number of benzene rings is 1. The van der Waals surface area contributed by atoms with Crippen molar-refractivity contribution in [3.63, 3.8) is 0 Å². The fraction of sp³-hybridized carbons (Fsp3) is 0.500. The van der Waals surface area contributed by atoms with Gasteiger partial charge in [0.05, 0.1) is 0 Å². The van der Waals surface area contributed by atoms with Gasteiger partial charge in [-0.05, 0) is 37.0 Å². The van der Waals surface area contributed by atoms with Crippen molar-refractivity contribution in [2.75, 3.05) is 0 Å². The van der Waals surface area contributed by atoms with E-state index >= 15 is 0 Å². The van der Waals surface area contributed by atoms with Crippen LogP contribution in [0.1, 0.15) is 39.2 Å². The van der Waals surface area contributed by atoms with Crippen LogP contribution in [-0.2, 0) is 11.2 Å². The molecule has 0 heterocycles. The maximum Gasteiger partial charge on any atom is 0.331 e. The highest BCUT2D eigenvalue weighted by Gasteiger charge is 2.32. The number of rotatable bonds is 5. The Balaban J connectivity index is 2.73. The molecule has 1 aromatic rings. The minimum Gasteiger partial charge on any atom is -0.425 e. The number of aryl methyl sites for hydroxylation is 1. The first-order valence-corrected chi connectivity index (χ1v) is 6.15. The van der Waals surface area contributed by atoms with Crippen molar-refractivity contribution in [3.05, 3.63) is 29.8 Å². The minimum atomic E-state index is -0.872. The molecule has 0 saturated heterocycles. The molecule has 0 aliphatic rings. The quantitative estimate of drug-likeness (QED) is 0.630. The molecule has 0 fully saturated rings. The molecule has 0 atom stereocenters. The summed E-state index contributed by atoms with van der Waals surface area (Å²) in [7, 11) is 0.